The van der Waals surface area contributed by atoms with Crippen LogP contribution in [-0.4, -0.2) is 32.7 Å². The van der Waals surface area contributed by atoms with Crippen molar-refractivity contribution in [2.24, 2.45) is 0 Å². The minimum Gasteiger partial charge on any atom is -0.322 e. The highest BCUT2D eigenvalue weighted by Crippen LogP contribution is 2.25. The molecule has 0 atom stereocenters. The van der Waals surface area contributed by atoms with E-state index < -0.39 is 15.9 Å². The minimum atomic E-state index is -3.61. The van der Waals surface area contributed by atoms with Crippen LogP contribution in [0.5, 0.6) is 0 Å². The summed E-state index contributed by atoms with van der Waals surface area (Å²) in [6.45, 7) is 1.69. The molecule has 1 amide bonds. The normalized spacial score (nSPS) is 11.6. The molecule has 5 nitrogen and oxygen atoms in total. The highest BCUT2D eigenvalue weighted by molar-refractivity contribution is 7.89. The molecule has 24 heavy (non-hydrogen) atoms. The third-order valence-electron chi connectivity index (χ3n) is 3.38. The predicted molar refractivity (Wildman–Crippen MR) is 96.5 cm³/mol. The van der Waals surface area contributed by atoms with Gasteiger partial charge in [-0.05, 0) is 42.8 Å². The highest BCUT2D eigenvalue weighted by Gasteiger charge is 2.20. The first-order valence-corrected chi connectivity index (χ1v) is 9.12. The molecule has 0 spiro atoms. The molecule has 0 aliphatic rings. The SMILES string of the molecule is Cc1ccc(NC(=O)c2ccc(Cl)cc2Cl)cc1S(=O)(=O)N(C)C. The maximum absolute atomic E-state index is 12.3. The minimum absolute atomic E-state index is 0.132. The van der Waals surface area contributed by atoms with Crippen molar-refractivity contribution in [1.82, 2.24) is 4.31 Å². The first-order chi connectivity index (χ1) is 11.1. The van der Waals surface area contributed by atoms with E-state index in [1.54, 1.807) is 25.1 Å². The van der Waals surface area contributed by atoms with E-state index in [0.29, 0.717) is 16.3 Å². The van der Waals surface area contributed by atoms with E-state index >= 15 is 0 Å². The van der Waals surface area contributed by atoms with E-state index in [9.17, 15) is 13.2 Å². The van der Waals surface area contributed by atoms with Crippen LogP contribution in [0.4, 0.5) is 5.69 Å². The lowest BCUT2D eigenvalue weighted by molar-refractivity contribution is 0.102. The van der Waals surface area contributed by atoms with Gasteiger partial charge in [-0.1, -0.05) is 29.3 Å². The summed E-state index contributed by atoms with van der Waals surface area (Å²) in [7, 11) is -0.702. The van der Waals surface area contributed by atoms with Crippen molar-refractivity contribution in [2.75, 3.05) is 19.4 Å². The van der Waals surface area contributed by atoms with Gasteiger partial charge in [-0.15, -0.1) is 0 Å². The summed E-state index contributed by atoms with van der Waals surface area (Å²) < 4.78 is 25.8. The maximum atomic E-state index is 12.3. The van der Waals surface area contributed by atoms with E-state index in [1.165, 1.54) is 32.3 Å². The molecule has 0 aliphatic carbocycles. The molecule has 0 saturated heterocycles. The van der Waals surface area contributed by atoms with Crippen molar-refractivity contribution >= 4 is 44.8 Å². The van der Waals surface area contributed by atoms with Crippen LogP contribution >= 0.6 is 23.2 Å². The number of halogens is 2. The van der Waals surface area contributed by atoms with Crippen LogP contribution in [-0.2, 0) is 10.0 Å². The van der Waals surface area contributed by atoms with Gasteiger partial charge >= 0.3 is 0 Å². The van der Waals surface area contributed by atoms with Crippen molar-refractivity contribution in [3.05, 3.63) is 57.6 Å². The van der Waals surface area contributed by atoms with Gasteiger partial charge < -0.3 is 5.32 Å². The smallest absolute Gasteiger partial charge is 0.257 e. The zero-order valence-electron chi connectivity index (χ0n) is 13.3. The zero-order chi connectivity index (χ0) is 18.1. The number of anilines is 1. The fourth-order valence-electron chi connectivity index (χ4n) is 2.02. The number of carbonyl (C=O) groups is 1. The third kappa shape index (κ3) is 3.89. The van der Waals surface area contributed by atoms with E-state index in [-0.39, 0.29) is 15.5 Å². The van der Waals surface area contributed by atoms with Crippen LogP contribution in [0.3, 0.4) is 0 Å². The lowest BCUT2D eigenvalue weighted by Crippen LogP contribution is -2.23. The summed E-state index contributed by atoms with van der Waals surface area (Å²) in [6, 6.07) is 9.22. The van der Waals surface area contributed by atoms with Gasteiger partial charge in [-0.2, -0.15) is 0 Å². The summed E-state index contributed by atoms with van der Waals surface area (Å²) in [5.41, 5.74) is 1.20. The van der Waals surface area contributed by atoms with Gasteiger partial charge in [-0.25, -0.2) is 12.7 Å². The van der Waals surface area contributed by atoms with Crippen LogP contribution in [0, 0.1) is 6.92 Å². The average Bonchev–Trinajstić information content (AvgIpc) is 2.48. The Balaban J connectivity index is 2.36. The largest absolute Gasteiger partial charge is 0.322 e. The van der Waals surface area contributed by atoms with Crippen LogP contribution < -0.4 is 5.32 Å². The molecule has 0 saturated carbocycles. The second-order valence-electron chi connectivity index (χ2n) is 5.35. The number of sulfonamides is 1. The fourth-order valence-corrected chi connectivity index (χ4v) is 3.66. The van der Waals surface area contributed by atoms with Gasteiger partial charge in [0.15, 0.2) is 0 Å². The van der Waals surface area contributed by atoms with Gasteiger partial charge in [0.1, 0.15) is 0 Å². The summed E-state index contributed by atoms with van der Waals surface area (Å²) in [6.07, 6.45) is 0. The Kier molecular flexibility index (Phi) is 5.55. The molecule has 0 radical (unpaired) electrons. The van der Waals surface area contributed by atoms with Crippen molar-refractivity contribution < 1.29 is 13.2 Å². The Morgan fingerprint density at radius 2 is 1.75 bits per heavy atom. The number of hydrogen-bond donors (Lipinski definition) is 1. The molecule has 0 aliphatic heterocycles. The summed E-state index contributed by atoms with van der Waals surface area (Å²) in [5.74, 6) is -0.450. The molecule has 2 aromatic carbocycles. The number of carbonyl (C=O) groups excluding carboxylic acids is 1. The first kappa shape index (κ1) is 18.7. The van der Waals surface area contributed by atoms with E-state index in [0.717, 1.165) is 4.31 Å². The Morgan fingerprint density at radius 3 is 2.33 bits per heavy atom. The third-order valence-corrected chi connectivity index (χ3v) is 5.89. The molecule has 0 aromatic heterocycles. The van der Waals surface area contributed by atoms with E-state index in [1.807, 2.05) is 0 Å². The molecule has 0 fully saturated rings. The zero-order valence-corrected chi connectivity index (χ0v) is 15.6. The maximum Gasteiger partial charge on any atom is 0.257 e. The van der Waals surface area contributed by atoms with Crippen LogP contribution in [0.1, 0.15) is 15.9 Å². The number of aryl methyl sites for hydroxylation is 1. The first-order valence-electron chi connectivity index (χ1n) is 6.92. The van der Waals surface area contributed by atoms with Crippen LogP contribution in [0.25, 0.3) is 0 Å². The number of rotatable bonds is 4. The van der Waals surface area contributed by atoms with Crippen molar-refractivity contribution in [3.63, 3.8) is 0 Å². The van der Waals surface area contributed by atoms with Crippen LogP contribution in [0.15, 0.2) is 41.3 Å². The summed E-state index contributed by atoms with van der Waals surface area (Å²) in [5, 5.41) is 3.29. The Hall–Kier alpha value is -1.60. The van der Waals surface area contributed by atoms with Gasteiger partial charge in [0.25, 0.3) is 5.91 Å². The number of nitrogens with one attached hydrogen (secondary N) is 1. The molecular formula is C16H16Cl2N2O3S. The topological polar surface area (TPSA) is 66.5 Å². The second-order valence-corrected chi connectivity index (χ2v) is 8.31. The average molecular weight is 387 g/mol. The predicted octanol–water partition coefficient (Wildman–Crippen LogP) is 3.80. The quantitative estimate of drug-likeness (QED) is 0.868. The van der Waals surface area contributed by atoms with Gasteiger partial charge in [0.2, 0.25) is 10.0 Å². The molecule has 0 bridgehead atoms. The van der Waals surface area contributed by atoms with E-state index in [2.05, 4.69) is 5.32 Å². The van der Waals surface area contributed by atoms with Crippen molar-refractivity contribution in [2.45, 2.75) is 11.8 Å². The molecule has 1 N–H and O–H groups in total. The van der Waals surface area contributed by atoms with Crippen molar-refractivity contribution in [1.29, 1.82) is 0 Å². The van der Waals surface area contributed by atoms with Gasteiger partial charge in [-0.3, -0.25) is 4.79 Å². The number of nitrogens with zero attached hydrogens (tertiary/aromatic N) is 1. The standard InChI is InChI=1S/C16H16Cl2N2O3S/c1-10-4-6-12(9-15(10)24(22,23)20(2)3)19-16(21)13-7-5-11(17)8-14(13)18/h4-9H,1-3H3,(H,19,21). The van der Waals surface area contributed by atoms with E-state index in [4.69, 9.17) is 23.2 Å². The monoisotopic (exact) mass is 386 g/mol. The molecule has 128 valence electrons. The lowest BCUT2D eigenvalue weighted by atomic mass is 10.2. The Bertz CT molecular complexity index is 896. The van der Waals surface area contributed by atoms with Gasteiger partial charge in [0, 0.05) is 24.8 Å². The molecule has 2 aromatic rings. The van der Waals surface area contributed by atoms with Gasteiger partial charge in [0.05, 0.1) is 15.5 Å². The summed E-state index contributed by atoms with van der Waals surface area (Å²) >= 11 is 11.8. The molecule has 8 heteroatoms. The molecule has 0 heterocycles. The number of amides is 1. The molecule has 0 unspecified atom stereocenters. The Morgan fingerprint density at radius 1 is 1.08 bits per heavy atom. The summed E-state index contributed by atoms with van der Waals surface area (Å²) in [4.78, 5) is 12.5. The number of hydrogen-bond acceptors (Lipinski definition) is 3. The Labute approximate surface area is 151 Å². The fraction of sp³-hybridized carbons (Fsp3) is 0.188. The van der Waals surface area contributed by atoms with Crippen LogP contribution in [0.2, 0.25) is 10.0 Å². The second kappa shape index (κ2) is 7.11. The lowest BCUT2D eigenvalue weighted by Gasteiger charge is -2.15. The molecule has 2 rings (SSSR count). The number of benzene rings is 2. The highest BCUT2D eigenvalue weighted by atomic mass is 35.5. The van der Waals surface area contributed by atoms with Crippen molar-refractivity contribution in [3.8, 4) is 0 Å². The molecular weight excluding hydrogens is 371 g/mol.